The molecule has 1 saturated carbocycles. The minimum atomic E-state index is 0.154. The van der Waals surface area contributed by atoms with Gasteiger partial charge in [-0.05, 0) is 25.7 Å². The quantitative estimate of drug-likeness (QED) is 0.829. The van der Waals surface area contributed by atoms with Crippen LogP contribution in [0.2, 0.25) is 0 Å². The molecular weight excluding hydrogens is 226 g/mol. The van der Waals surface area contributed by atoms with Crippen LogP contribution in [0.25, 0.3) is 0 Å². The van der Waals surface area contributed by atoms with Crippen LogP contribution in [-0.4, -0.2) is 15.7 Å². The fourth-order valence-electron chi connectivity index (χ4n) is 3.69. The van der Waals surface area contributed by atoms with Crippen molar-refractivity contribution < 1.29 is 4.79 Å². The maximum Gasteiger partial charge on any atom is 0.226 e. The predicted octanol–water partition coefficient (Wildman–Crippen LogP) is 2.73. The van der Waals surface area contributed by atoms with E-state index in [1.165, 1.54) is 37.7 Å². The van der Waals surface area contributed by atoms with E-state index in [0.29, 0.717) is 18.3 Å². The maximum absolute atomic E-state index is 11.9. The molecule has 0 bridgehead atoms. The third-order valence-corrected chi connectivity index (χ3v) is 4.52. The molecule has 2 heterocycles. The van der Waals surface area contributed by atoms with Gasteiger partial charge in [-0.25, -0.2) is 0 Å². The van der Waals surface area contributed by atoms with E-state index in [9.17, 15) is 4.79 Å². The van der Waals surface area contributed by atoms with Gasteiger partial charge in [0.1, 0.15) is 5.82 Å². The second kappa shape index (κ2) is 4.41. The van der Waals surface area contributed by atoms with Crippen molar-refractivity contribution >= 4 is 11.7 Å². The average Bonchev–Trinajstić information content (AvgIpc) is 2.65. The largest absolute Gasteiger partial charge is 0.311 e. The number of nitrogens with one attached hydrogen (secondary N) is 1. The van der Waals surface area contributed by atoms with Crippen molar-refractivity contribution in [2.75, 3.05) is 5.32 Å². The Hall–Kier alpha value is -1.32. The summed E-state index contributed by atoms with van der Waals surface area (Å²) in [7, 11) is 1.91. The second-order valence-electron chi connectivity index (χ2n) is 5.73. The summed E-state index contributed by atoms with van der Waals surface area (Å²) in [4.78, 5) is 11.9. The van der Waals surface area contributed by atoms with E-state index in [4.69, 9.17) is 0 Å². The highest BCUT2D eigenvalue weighted by molar-refractivity contribution is 5.94. The van der Waals surface area contributed by atoms with Crippen molar-refractivity contribution in [3.8, 4) is 0 Å². The number of amides is 1. The number of carbonyl (C=O) groups excluding carboxylic acids is 1. The zero-order chi connectivity index (χ0) is 12.7. The topological polar surface area (TPSA) is 46.9 Å². The number of hydrogen-bond acceptors (Lipinski definition) is 2. The number of fused-ring (bicyclic) bond motifs is 1. The van der Waals surface area contributed by atoms with E-state index >= 15 is 0 Å². The normalized spacial score (nSPS) is 24.8. The fourth-order valence-corrected chi connectivity index (χ4v) is 3.69. The highest BCUT2D eigenvalue weighted by Gasteiger charge is 2.35. The summed E-state index contributed by atoms with van der Waals surface area (Å²) in [6.07, 6.45) is 7.17. The number of rotatable bonds is 1. The van der Waals surface area contributed by atoms with Gasteiger partial charge in [-0.1, -0.05) is 19.3 Å². The van der Waals surface area contributed by atoms with E-state index in [1.54, 1.807) is 0 Å². The molecule has 1 amide bonds. The van der Waals surface area contributed by atoms with Crippen molar-refractivity contribution in [3.63, 3.8) is 0 Å². The molecule has 98 valence electrons. The third-order valence-electron chi connectivity index (χ3n) is 4.52. The Balaban J connectivity index is 1.98. The molecule has 1 aliphatic carbocycles. The lowest BCUT2D eigenvalue weighted by atomic mass is 9.74. The van der Waals surface area contributed by atoms with Gasteiger partial charge in [-0.2, -0.15) is 5.10 Å². The van der Waals surface area contributed by atoms with Gasteiger partial charge in [-0.15, -0.1) is 0 Å². The van der Waals surface area contributed by atoms with Gasteiger partial charge in [0.25, 0.3) is 0 Å². The third kappa shape index (κ3) is 1.84. The van der Waals surface area contributed by atoms with Gasteiger partial charge in [-0.3, -0.25) is 9.48 Å². The molecular formula is C14H21N3O. The minimum Gasteiger partial charge on any atom is -0.311 e. The number of aryl methyl sites for hydroxylation is 2. The first-order chi connectivity index (χ1) is 8.66. The summed E-state index contributed by atoms with van der Waals surface area (Å²) in [6, 6.07) is 0. The van der Waals surface area contributed by atoms with Crippen LogP contribution in [0.15, 0.2) is 0 Å². The Bertz CT molecular complexity index is 472. The van der Waals surface area contributed by atoms with E-state index < -0.39 is 0 Å². The summed E-state index contributed by atoms with van der Waals surface area (Å²) >= 11 is 0. The zero-order valence-electron chi connectivity index (χ0n) is 11.2. The molecule has 18 heavy (non-hydrogen) atoms. The van der Waals surface area contributed by atoms with Crippen LogP contribution < -0.4 is 5.32 Å². The first-order valence-corrected chi connectivity index (χ1v) is 7.00. The molecule has 1 N–H and O–H groups in total. The van der Waals surface area contributed by atoms with E-state index in [1.807, 2.05) is 11.7 Å². The van der Waals surface area contributed by atoms with Crippen LogP contribution in [0.3, 0.4) is 0 Å². The molecule has 1 aliphatic heterocycles. The summed E-state index contributed by atoms with van der Waals surface area (Å²) < 4.78 is 1.82. The molecule has 4 nitrogen and oxygen atoms in total. The number of aromatic nitrogens is 2. The summed E-state index contributed by atoms with van der Waals surface area (Å²) in [5, 5.41) is 7.45. The van der Waals surface area contributed by atoms with E-state index in [-0.39, 0.29) is 5.91 Å². The first-order valence-electron chi connectivity index (χ1n) is 7.00. The van der Waals surface area contributed by atoms with Crippen molar-refractivity contribution in [2.24, 2.45) is 13.0 Å². The highest BCUT2D eigenvalue weighted by Crippen LogP contribution is 2.44. The smallest absolute Gasteiger partial charge is 0.226 e. The number of hydrogen-bond donors (Lipinski definition) is 1. The van der Waals surface area contributed by atoms with Crippen LogP contribution in [0.5, 0.6) is 0 Å². The molecule has 0 spiro atoms. The van der Waals surface area contributed by atoms with Crippen molar-refractivity contribution in [1.82, 2.24) is 9.78 Å². The molecule has 0 aromatic carbocycles. The Kier molecular flexibility index (Phi) is 2.88. The molecule has 1 aromatic heterocycles. The van der Waals surface area contributed by atoms with Gasteiger partial charge < -0.3 is 5.32 Å². The number of anilines is 1. The highest BCUT2D eigenvalue weighted by atomic mass is 16.1. The zero-order valence-corrected chi connectivity index (χ0v) is 11.2. The Morgan fingerprint density at radius 2 is 2.00 bits per heavy atom. The molecule has 2 aliphatic rings. The molecule has 0 saturated heterocycles. The lowest BCUT2D eigenvalue weighted by Gasteiger charge is -2.33. The van der Waals surface area contributed by atoms with E-state index in [0.717, 1.165) is 11.5 Å². The molecule has 1 aromatic rings. The van der Waals surface area contributed by atoms with Gasteiger partial charge in [0.15, 0.2) is 0 Å². The molecule has 0 unspecified atom stereocenters. The fraction of sp³-hybridized carbons (Fsp3) is 0.714. The lowest BCUT2D eigenvalue weighted by Crippen LogP contribution is -2.29. The van der Waals surface area contributed by atoms with Crippen molar-refractivity contribution in [3.05, 3.63) is 11.3 Å². The Morgan fingerprint density at radius 3 is 2.72 bits per heavy atom. The number of carbonyl (C=O) groups is 1. The minimum absolute atomic E-state index is 0.154. The average molecular weight is 247 g/mol. The van der Waals surface area contributed by atoms with Gasteiger partial charge in [0, 0.05) is 24.9 Å². The Labute approximate surface area is 108 Å². The molecule has 1 atom stereocenters. The maximum atomic E-state index is 11.9. The number of nitrogens with zero attached hydrogens (tertiary/aromatic N) is 2. The van der Waals surface area contributed by atoms with Crippen molar-refractivity contribution in [1.29, 1.82) is 0 Å². The van der Waals surface area contributed by atoms with Crippen LogP contribution in [-0.2, 0) is 11.8 Å². The van der Waals surface area contributed by atoms with Gasteiger partial charge in [0.05, 0.1) is 5.69 Å². The van der Waals surface area contributed by atoms with Crippen LogP contribution >= 0.6 is 0 Å². The second-order valence-corrected chi connectivity index (χ2v) is 5.73. The first kappa shape index (κ1) is 11.8. The van der Waals surface area contributed by atoms with Crippen molar-refractivity contribution in [2.45, 2.75) is 51.4 Å². The summed E-state index contributed by atoms with van der Waals surface area (Å²) in [5.41, 5.74) is 2.38. The molecule has 3 rings (SSSR count). The monoisotopic (exact) mass is 247 g/mol. The summed E-state index contributed by atoms with van der Waals surface area (Å²) in [5.74, 6) is 2.15. The SMILES string of the molecule is Cc1nn(C)c2c1[C@@H](C1CCCCC1)CC(=O)N2. The lowest BCUT2D eigenvalue weighted by molar-refractivity contribution is -0.117. The molecule has 1 fully saturated rings. The van der Waals surface area contributed by atoms with E-state index in [2.05, 4.69) is 17.3 Å². The summed E-state index contributed by atoms with van der Waals surface area (Å²) in [6.45, 7) is 2.06. The van der Waals surface area contributed by atoms with Gasteiger partial charge in [0.2, 0.25) is 5.91 Å². The van der Waals surface area contributed by atoms with Crippen LogP contribution in [0, 0.1) is 12.8 Å². The van der Waals surface area contributed by atoms with Crippen LogP contribution in [0.1, 0.15) is 55.7 Å². The van der Waals surface area contributed by atoms with Gasteiger partial charge >= 0.3 is 0 Å². The molecule has 4 heteroatoms. The Morgan fingerprint density at radius 1 is 1.28 bits per heavy atom. The molecule has 0 radical (unpaired) electrons. The predicted molar refractivity (Wildman–Crippen MR) is 70.5 cm³/mol. The standard InChI is InChI=1S/C14H21N3O/c1-9-13-11(10-6-4-3-5-7-10)8-12(18)15-14(13)17(2)16-9/h10-11H,3-8H2,1-2H3,(H,15,18)/t11-/m1/s1. The van der Waals surface area contributed by atoms with Crippen LogP contribution in [0.4, 0.5) is 5.82 Å².